The minimum Gasteiger partial charge on any atom is -0.480 e. The molecule has 2 rings (SSSR count). The molecule has 1 aliphatic rings. The van der Waals surface area contributed by atoms with Crippen molar-refractivity contribution in [1.29, 1.82) is 0 Å². The number of nitrogens with one attached hydrogen (secondary N) is 1. The molecule has 0 saturated carbocycles. The molecule has 0 spiro atoms. The number of hydrogen-bond acceptors (Lipinski definition) is 4. The van der Waals surface area contributed by atoms with E-state index in [0.717, 1.165) is 8.66 Å². The van der Waals surface area contributed by atoms with Crippen LogP contribution in [0.25, 0.3) is 0 Å². The third kappa shape index (κ3) is 4.42. The van der Waals surface area contributed by atoms with E-state index in [1.54, 1.807) is 23.2 Å². The number of halogens is 1. The van der Waals surface area contributed by atoms with Gasteiger partial charge in [0.15, 0.2) is 0 Å². The predicted octanol–water partition coefficient (Wildman–Crippen LogP) is 1.81. The number of amides is 2. The van der Waals surface area contributed by atoms with Gasteiger partial charge in [-0.1, -0.05) is 0 Å². The van der Waals surface area contributed by atoms with Gasteiger partial charge in [0.2, 0.25) is 0 Å². The molecule has 1 aromatic rings. The van der Waals surface area contributed by atoms with E-state index in [9.17, 15) is 9.59 Å². The monoisotopic (exact) mass is 375 g/mol. The lowest BCUT2D eigenvalue weighted by molar-refractivity contribution is -0.143. The Bertz CT molecular complexity index is 515. The third-order valence-electron chi connectivity index (χ3n) is 3.55. The van der Waals surface area contributed by atoms with Crippen LogP contribution in [-0.4, -0.2) is 59.1 Å². The molecule has 2 amide bonds. The summed E-state index contributed by atoms with van der Waals surface area (Å²) in [4.78, 5) is 27.7. The van der Waals surface area contributed by atoms with Crippen molar-refractivity contribution >= 4 is 39.3 Å². The van der Waals surface area contributed by atoms with E-state index in [4.69, 9.17) is 5.11 Å². The first-order valence-electron chi connectivity index (χ1n) is 6.71. The summed E-state index contributed by atoms with van der Waals surface area (Å²) in [6, 6.07) is 3.33. The molecule has 2 heterocycles. The van der Waals surface area contributed by atoms with Crippen molar-refractivity contribution in [2.45, 2.75) is 19.5 Å². The number of rotatable bonds is 4. The lowest BCUT2D eigenvalue weighted by Crippen LogP contribution is -2.54. The van der Waals surface area contributed by atoms with E-state index in [-0.39, 0.29) is 6.03 Å². The zero-order valence-electron chi connectivity index (χ0n) is 11.7. The van der Waals surface area contributed by atoms with Crippen LogP contribution >= 0.6 is 27.3 Å². The number of carbonyl (C=O) groups is 2. The molecule has 8 heteroatoms. The summed E-state index contributed by atoms with van der Waals surface area (Å²) in [5.41, 5.74) is 0. The van der Waals surface area contributed by atoms with Gasteiger partial charge in [0, 0.05) is 31.1 Å². The summed E-state index contributed by atoms with van der Waals surface area (Å²) in [5.74, 6) is -0.823. The summed E-state index contributed by atoms with van der Waals surface area (Å²) in [6.07, 6.45) is 0. The normalized spacial score (nSPS) is 17.5. The van der Waals surface area contributed by atoms with E-state index in [0.29, 0.717) is 32.7 Å². The average molecular weight is 376 g/mol. The first kappa shape index (κ1) is 16.3. The maximum Gasteiger partial charge on any atom is 0.320 e. The van der Waals surface area contributed by atoms with Gasteiger partial charge in [-0.3, -0.25) is 9.69 Å². The standard InChI is InChI=1S/C13H18BrN3O3S/c1-9(12(18)19)16-4-6-17(7-5-16)13(20)15-8-10-2-3-11(14)21-10/h2-3,9H,4-8H2,1H3,(H,15,20)(H,18,19). The highest BCUT2D eigenvalue weighted by Crippen LogP contribution is 2.21. The molecular weight excluding hydrogens is 358 g/mol. The highest BCUT2D eigenvalue weighted by molar-refractivity contribution is 9.11. The quantitative estimate of drug-likeness (QED) is 0.841. The van der Waals surface area contributed by atoms with E-state index >= 15 is 0 Å². The Labute approximate surface area is 135 Å². The molecule has 1 atom stereocenters. The molecule has 21 heavy (non-hydrogen) atoms. The van der Waals surface area contributed by atoms with Crippen LogP contribution in [0.15, 0.2) is 15.9 Å². The molecule has 0 radical (unpaired) electrons. The van der Waals surface area contributed by atoms with Crippen molar-refractivity contribution in [2.75, 3.05) is 26.2 Å². The fourth-order valence-corrected chi connectivity index (χ4v) is 3.61. The number of urea groups is 1. The summed E-state index contributed by atoms with van der Waals surface area (Å²) >= 11 is 4.98. The van der Waals surface area contributed by atoms with Crippen LogP contribution in [0.5, 0.6) is 0 Å². The molecule has 2 N–H and O–H groups in total. The molecule has 1 aliphatic heterocycles. The van der Waals surface area contributed by atoms with Gasteiger partial charge in [-0.25, -0.2) is 4.79 Å². The zero-order valence-corrected chi connectivity index (χ0v) is 14.1. The van der Waals surface area contributed by atoms with Gasteiger partial charge >= 0.3 is 12.0 Å². The Balaban J connectivity index is 1.76. The molecule has 0 aliphatic carbocycles. The average Bonchev–Trinajstić information content (AvgIpc) is 2.89. The molecule has 6 nitrogen and oxygen atoms in total. The fourth-order valence-electron chi connectivity index (χ4n) is 2.19. The third-order valence-corrected chi connectivity index (χ3v) is 5.17. The van der Waals surface area contributed by atoms with Crippen LogP contribution in [0.4, 0.5) is 4.79 Å². The lowest BCUT2D eigenvalue weighted by Gasteiger charge is -2.36. The maximum atomic E-state index is 12.1. The minimum absolute atomic E-state index is 0.0952. The molecule has 1 aromatic heterocycles. The van der Waals surface area contributed by atoms with Gasteiger partial charge in [-0.05, 0) is 35.0 Å². The molecule has 0 aromatic carbocycles. The molecule has 116 valence electrons. The first-order chi connectivity index (χ1) is 9.97. The van der Waals surface area contributed by atoms with Crippen LogP contribution in [0, 0.1) is 0 Å². The summed E-state index contributed by atoms with van der Waals surface area (Å²) < 4.78 is 1.04. The zero-order chi connectivity index (χ0) is 15.4. The minimum atomic E-state index is -0.823. The molecular formula is C13H18BrN3O3S. The van der Waals surface area contributed by atoms with Crippen molar-refractivity contribution in [1.82, 2.24) is 15.1 Å². The number of hydrogen-bond donors (Lipinski definition) is 2. The summed E-state index contributed by atoms with van der Waals surface area (Å²) in [6.45, 7) is 4.47. The van der Waals surface area contributed by atoms with E-state index in [1.165, 1.54) is 0 Å². The first-order valence-corrected chi connectivity index (χ1v) is 8.32. The Morgan fingerprint density at radius 1 is 1.38 bits per heavy atom. The number of aliphatic carboxylic acids is 1. The number of carboxylic acids is 1. The molecule has 1 saturated heterocycles. The Kier molecular flexibility index (Phi) is 5.60. The number of piperazine rings is 1. The smallest absolute Gasteiger partial charge is 0.320 e. The van der Waals surface area contributed by atoms with Crippen LogP contribution < -0.4 is 5.32 Å². The van der Waals surface area contributed by atoms with Gasteiger partial charge in [-0.15, -0.1) is 11.3 Å². The van der Waals surface area contributed by atoms with Crippen molar-refractivity contribution in [2.24, 2.45) is 0 Å². The maximum absolute atomic E-state index is 12.1. The predicted molar refractivity (Wildman–Crippen MR) is 84.5 cm³/mol. The fraction of sp³-hybridized carbons (Fsp3) is 0.538. The van der Waals surface area contributed by atoms with Crippen LogP contribution in [0.2, 0.25) is 0 Å². The Morgan fingerprint density at radius 2 is 2.05 bits per heavy atom. The van der Waals surface area contributed by atoms with Gasteiger partial charge in [0.25, 0.3) is 0 Å². The van der Waals surface area contributed by atoms with Gasteiger partial charge in [0.1, 0.15) is 6.04 Å². The number of nitrogens with zero attached hydrogens (tertiary/aromatic N) is 2. The SMILES string of the molecule is CC(C(=O)O)N1CCN(C(=O)NCc2ccc(Br)s2)CC1. The van der Waals surface area contributed by atoms with E-state index in [1.807, 2.05) is 17.0 Å². The second-order valence-electron chi connectivity index (χ2n) is 4.90. The highest BCUT2D eigenvalue weighted by Gasteiger charge is 2.26. The number of carbonyl (C=O) groups excluding carboxylic acids is 1. The topological polar surface area (TPSA) is 72.9 Å². The molecule has 1 unspecified atom stereocenters. The van der Waals surface area contributed by atoms with E-state index < -0.39 is 12.0 Å². The summed E-state index contributed by atoms with van der Waals surface area (Å²) in [5, 5.41) is 11.9. The highest BCUT2D eigenvalue weighted by atomic mass is 79.9. The van der Waals surface area contributed by atoms with E-state index in [2.05, 4.69) is 21.2 Å². The Hall–Kier alpha value is -1.12. The van der Waals surface area contributed by atoms with Crippen LogP contribution in [0.1, 0.15) is 11.8 Å². The number of thiophene rings is 1. The summed E-state index contributed by atoms with van der Waals surface area (Å²) in [7, 11) is 0. The lowest BCUT2D eigenvalue weighted by atomic mass is 10.2. The van der Waals surface area contributed by atoms with Gasteiger partial charge in [0.05, 0.1) is 10.3 Å². The molecule has 1 fully saturated rings. The molecule has 0 bridgehead atoms. The van der Waals surface area contributed by atoms with Crippen molar-refractivity contribution < 1.29 is 14.7 Å². The van der Waals surface area contributed by atoms with Gasteiger partial charge < -0.3 is 15.3 Å². The van der Waals surface area contributed by atoms with Gasteiger partial charge in [-0.2, -0.15) is 0 Å². The second-order valence-corrected chi connectivity index (χ2v) is 7.45. The van der Waals surface area contributed by atoms with Crippen LogP contribution in [0.3, 0.4) is 0 Å². The Morgan fingerprint density at radius 3 is 2.57 bits per heavy atom. The number of carboxylic acid groups (broad SMARTS) is 1. The van der Waals surface area contributed by atoms with Crippen molar-refractivity contribution in [3.63, 3.8) is 0 Å². The van der Waals surface area contributed by atoms with Crippen molar-refractivity contribution in [3.05, 3.63) is 20.8 Å². The second kappa shape index (κ2) is 7.24. The van der Waals surface area contributed by atoms with Crippen LogP contribution in [-0.2, 0) is 11.3 Å². The van der Waals surface area contributed by atoms with Crippen molar-refractivity contribution in [3.8, 4) is 0 Å². The largest absolute Gasteiger partial charge is 0.480 e.